The Balaban J connectivity index is 0.00000225. The zero-order valence-electron chi connectivity index (χ0n) is 13.7. The van der Waals surface area contributed by atoms with Gasteiger partial charge in [-0.3, -0.25) is 4.79 Å². The molecule has 4 N–H and O–H groups in total. The summed E-state index contributed by atoms with van der Waals surface area (Å²) in [6, 6.07) is 13.7. The molecule has 1 amide bonds. The molecular formula is C19H21ClN4O. The molecule has 2 aromatic heterocycles. The van der Waals surface area contributed by atoms with Crippen LogP contribution >= 0.6 is 12.4 Å². The molecular weight excluding hydrogens is 336 g/mol. The van der Waals surface area contributed by atoms with Crippen LogP contribution < -0.4 is 11.1 Å². The van der Waals surface area contributed by atoms with E-state index in [1.807, 2.05) is 48.7 Å². The highest BCUT2D eigenvalue weighted by molar-refractivity contribution is 5.95. The molecule has 0 unspecified atom stereocenters. The van der Waals surface area contributed by atoms with Crippen LogP contribution in [0.4, 0.5) is 0 Å². The third-order valence-corrected chi connectivity index (χ3v) is 3.85. The number of aromatic nitrogens is 2. The lowest BCUT2D eigenvalue weighted by molar-refractivity contribution is -0.117. The normalized spacial score (nSPS) is 12.0. The molecule has 130 valence electrons. The maximum Gasteiger partial charge on any atom is 0.244 e. The molecule has 0 radical (unpaired) electrons. The Hall–Kier alpha value is -2.63. The van der Waals surface area contributed by atoms with Crippen molar-refractivity contribution in [3.63, 3.8) is 0 Å². The molecule has 6 heteroatoms. The molecule has 3 aromatic rings. The van der Waals surface area contributed by atoms with E-state index in [1.165, 1.54) is 6.08 Å². The summed E-state index contributed by atoms with van der Waals surface area (Å²) in [6.07, 6.45) is 7.60. The van der Waals surface area contributed by atoms with Crippen molar-refractivity contribution in [1.29, 1.82) is 0 Å². The highest BCUT2D eigenvalue weighted by Gasteiger charge is 2.10. The van der Waals surface area contributed by atoms with Crippen LogP contribution in [-0.2, 0) is 11.2 Å². The molecule has 0 saturated heterocycles. The number of benzene rings is 1. The van der Waals surface area contributed by atoms with Gasteiger partial charge in [0.1, 0.15) is 5.65 Å². The molecule has 0 spiro atoms. The second kappa shape index (κ2) is 9.01. The number of nitrogens with two attached hydrogens (primary N) is 1. The number of hydrogen-bond acceptors (Lipinski definition) is 3. The van der Waals surface area contributed by atoms with Crippen molar-refractivity contribution >= 4 is 35.4 Å². The van der Waals surface area contributed by atoms with Crippen LogP contribution in [-0.4, -0.2) is 28.5 Å². The average molecular weight is 357 g/mol. The van der Waals surface area contributed by atoms with E-state index in [4.69, 9.17) is 5.73 Å². The first kappa shape index (κ1) is 18.7. The van der Waals surface area contributed by atoms with Crippen molar-refractivity contribution in [3.05, 3.63) is 72.1 Å². The van der Waals surface area contributed by atoms with Crippen molar-refractivity contribution in [2.24, 2.45) is 5.73 Å². The number of carbonyl (C=O) groups is 1. The van der Waals surface area contributed by atoms with E-state index in [1.54, 1.807) is 12.3 Å². The van der Waals surface area contributed by atoms with Gasteiger partial charge in [0.2, 0.25) is 5.91 Å². The standard InChI is InChI=1S/C19H20N4O.ClH/c20-12-16(11-14-5-2-1-3-6-14)23-18(24)9-8-15-13-22-19-17(15)7-4-10-21-19;/h1-10,13,16H,11-12,20H2,(H,21,22)(H,23,24);1H/b9-8+;/t16-;/m1./s1. The molecule has 0 saturated carbocycles. The maximum atomic E-state index is 12.2. The quantitative estimate of drug-likeness (QED) is 0.594. The molecule has 0 aliphatic heterocycles. The monoisotopic (exact) mass is 356 g/mol. The van der Waals surface area contributed by atoms with E-state index in [0.29, 0.717) is 13.0 Å². The third-order valence-electron chi connectivity index (χ3n) is 3.85. The smallest absolute Gasteiger partial charge is 0.244 e. The van der Waals surface area contributed by atoms with Crippen LogP contribution in [0.1, 0.15) is 11.1 Å². The minimum Gasteiger partial charge on any atom is -0.348 e. The predicted octanol–water partition coefficient (Wildman–Crippen LogP) is 2.68. The van der Waals surface area contributed by atoms with Gasteiger partial charge in [0.05, 0.1) is 0 Å². The number of carbonyl (C=O) groups excluding carboxylic acids is 1. The number of amides is 1. The first-order valence-electron chi connectivity index (χ1n) is 7.91. The minimum absolute atomic E-state index is 0. The number of pyridine rings is 1. The van der Waals surface area contributed by atoms with E-state index in [9.17, 15) is 4.79 Å². The summed E-state index contributed by atoms with van der Waals surface area (Å²) in [7, 11) is 0. The molecule has 1 atom stereocenters. The van der Waals surface area contributed by atoms with Crippen LogP contribution in [0.15, 0.2) is 60.9 Å². The molecule has 25 heavy (non-hydrogen) atoms. The van der Waals surface area contributed by atoms with Gasteiger partial charge in [-0.25, -0.2) is 4.98 Å². The van der Waals surface area contributed by atoms with E-state index in [2.05, 4.69) is 15.3 Å². The number of nitrogens with zero attached hydrogens (tertiary/aromatic N) is 1. The number of aromatic amines is 1. The molecule has 2 heterocycles. The zero-order chi connectivity index (χ0) is 16.8. The highest BCUT2D eigenvalue weighted by Crippen LogP contribution is 2.16. The highest BCUT2D eigenvalue weighted by atomic mass is 35.5. The summed E-state index contributed by atoms with van der Waals surface area (Å²) in [5, 5.41) is 3.94. The molecule has 0 aliphatic rings. The second-order valence-electron chi connectivity index (χ2n) is 5.61. The zero-order valence-corrected chi connectivity index (χ0v) is 14.5. The second-order valence-corrected chi connectivity index (χ2v) is 5.61. The third kappa shape index (κ3) is 4.92. The largest absolute Gasteiger partial charge is 0.348 e. The number of hydrogen-bond donors (Lipinski definition) is 3. The van der Waals surface area contributed by atoms with Crippen molar-refractivity contribution in [3.8, 4) is 0 Å². The fraction of sp³-hybridized carbons (Fsp3) is 0.158. The summed E-state index contributed by atoms with van der Waals surface area (Å²) in [6.45, 7) is 0.394. The molecule has 3 rings (SSSR count). The van der Waals surface area contributed by atoms with E-state index in [-0.39, 0.29) is 24.4 Å². The average Bonchev–Trinajstić information content (AvgIpc) is 3.03. The van der Waals surface area contributed by atoms with Crippen LogP contribution in [0, 0.1) is 0 Å². The summed E-state index contributed by atoms with van der Waals surface area (Å²) < 4.78 is 0. The number of rotatable bonds is 6. The van der Waals surface area contributed by atoms with Gasteiger partial charge in [0.25, 0.3) is 0 Å². The SMILES string of the molecule is Cl.NC[C@@H](Cc1ccccc1)NC(=O)/C=C/c1c[nH]c2ncccc12. The van der Waals surface area contributed by atoms with E-state index in [0.717, 1.165) is 22.2 Å². The van der Waals surface area contributed by atoms with Gasteiger partial charge in [-0.15, -0.1) is 12.4 Å². The fourth-order valence-corrected chi connectivity index (χ4v) is 2.62. The number of fused-ring (bicyclic) bond motifs is 1. The summed E-state index contributed by atoms with van der Waals surface area (Å²) in [4.78, 5) is 19.5. The lowest BCUT2D eigenvalue weighted by atomic mass is 10.1. The van der Waals surface area contributed by atoms with Crippen LogP contribution in [0.5, 0.6) is 0 Å². The molecule has 0 aliphatic carbocycles. The molecule has 5 nitrogen and oxygen atoms in total. The van der Waals surface area contributed by atoms with Crippen LogP contribution in [0.2, 0.25) is 0 Å². The number of H-pyrrole nitrogens is 1. The van der Waals surface area contributed by atoms with Crippen molar-refractivity contribution in [2.45, 2.75) is 12.5 Å². The topological polar surface area (TPSA) is 83.8 Å². The maximum absolute atomic E-state index is 12.2. The van der Waals surface area contributed by atoms with Crippen molar-refractivity contribution in [2.75, 3.05) is 6.54 Å². The molecule has 0 fully saturated rings. The van der Waals surface area contributed by atoms with Gasteiger partial charge in [-0.05, 0) is 30.2 Å². The van der Waals surface area contributed by atoms with Gasteiger partial charge in [0.15, 0.2) is 0 Å². The first-order valence-corrected chi connectivity index (χ1v) is 7.91. The summed E-state index contributed by atoms with van der Waals surface area (Å²) in [5.41, 5.74) is 8.67. The lowest BCUT2D eigenvalue weighted by Gasteiger charge is -2.15. The molecule has 0 bridgehead atoms. The van der Waals surface area contributed by atoms with Crippen molar-refractivity contribution < 1.29 is 4.79 Å². The van der Waals surface area contributed by atoms with Gasteiger partial charge in [0, 0.05) is 42.0 Å². The Morgan fingerprint density at radius 2 is 2.04 bits per heavy atom. The Morgan fingerprint density at radius 1 is 1.24 bits per heavy atom. The summed E-state index contributed by atoms with van der Waals surface area (Å²) >= 11 is 0. The Labute approximate surface area is 152 Å². The number of nitrogens with one attached hydrogen (secondary N) is 2. The Bertz CT molecular complexity index is 845. The van der Waals surface area contributed by atoms with Gasteiger partial charge in [-0.1, -0.05) is 30.3 Å². The van der Waals surface area contributed by atoms with Crippen molar-refractivity contribution in [1.82, 2.24) is 15.3 Å². The lowest BCUT2D eigenvalue weighted by Crippen LogP contribution is -2.40. The van der Waals surface area contributed by atoms with Gasteiger partial charge in [-0.2, -0.15) is 0 Å². The van der Waals surface area contributed by atoms with Gasteiger partial charge < -0.3 is 16.0 Å². The first-order chi connectivity index (χ1) is 11.8. The fourth-order valence-electron chi connectivity index (χ4n) is 2.62. The van der Waals surface area contributed by atoms with Crippen LogP contribution in [0.25, 0.3) is 17.1 Å². The van der Waals surface area contributed by atoms with Gasteiger partial charge >= 0.3 is 0 Å². The molecule has 1 aromatic carbocycles. The number of halogens is 1. The Morgan fingerprint density at radius 3 is 2.80 bits per heavy atom. The minimum atomic E-state index is -0.153. The van der Waals surface area contributed by atoms with Crippen LogP contribution in [0.3, 0.4) is 0 Å². The van der Waals surface area contributed by atoms with E-state index < -0.39 is 0 Å². The summed E-state index contributed by atoms with van der Waals surface area (Å²) in [5.74, 6) is -0.153. The van der Waals surface area contributed by atoms with E-state index >= 15 is 0 Å². The predicted molar refractivity (Wildman–Crippen MR) is 104 cm³/mol. The Kier molecular flexibility index (Phi) is 6.74.